The number of aromatic nitrogens is 3. The lowest BCUT2D eigenvalue weighted by Crippen LogP contribution is -2.48. The number of fused-ring (bicyclic) bond motifs is 1. The Morgan fingerprint density at radius 1 is 1.14 bits per heavy atom. The van der Waals surface area contributed by atoms with Gasteiger partial charge in [0.1, 0.15) is 12.7 Å². The minimum Gasteiger partial charge on any atom is -0.341 e. The van der Waals surface area contributed by atoms with Gasteiger partial charge in [0, 0.05) is 19.1 Å². The first kappa shape index (κ1) is 14.2. The molecule has 0 spiro atoms. The highest BCUT2D eigenvalue weighted by Crippen LogP contribution is 2.34. The summed E-state index contributed by atoms with van der Waals surface area (Å²) in [5, 5.41) is 7.84. The van der Waals surface area contributed by atoms with Gasteiger partial charge in [-0.1, -0.05) is 12.8 Å². The zero-order valence-corrected chi connectivity index (χ0v) is 13.0. The van der Waals surface area contributed by atoms with Crippen LogP contribution in [0.5, 0.6) is 0 Å². The van der Waals surface area contributed by atoms with Crippen LogP contribution >= 0.6 is 0 Å². The molecule has 6 heteroatoms. The van der Waals surface area contributed by atoms with E-state index in [1.54, 1.807) is 12.7 Å². The third kappa shape index (κ3) is 2.64. The van der Waals surface area contributed by atoms with Crippen LogP contribution in [0.3, 0.4) is 0 Å². The predicted molar refractivity (Wildman–Crippen MR) is 82.2 cm³/mol. The van der Waals surface area contributed by atoms with Crippen LogP contribution in [0, 0.1) is 5.92 Å². The van der Waals surface area contributed by atoms with Crippen LogP contribution in [-0.4, -0.2) is 50.7 Å². The SMILES string of the molecule is O=C([C@@H]1C[C@H]2CCCC[C@@H]2N1)N1CCC(n2cncn2)CC1. The third-order valence-electron chi connectivity index (χ3n) is 5.75. The second-order valence-corrected chi connectivity index (χ2v) is 7.04. The fourth-order valence-electron chi connectivity index (χ4n) is 4.49. The largest absolute Gasteiger partial charge is 0.341 e. The fourth-order valence-corrected chi connectivity index (χ4v) is 4.49. The van der Waals surface area contributed by atoms with E-state index in [2.05, 4.69) is 20.3 Å². The van der Waals surface area contributed by atoms with Gasteiger partial charge in [-0.3, -0.25) is 4.79 Å². The summed E-state index contributed by atoms with van der Waals surface area (Å²) in [6.07, 6.45) is 11.6. The summed E-state index contributed by atoms with van der Waals surface area (Å²) in [5.74, 6) is 1.06. The minimum atomic E-state index is 0.0658. The maximum Gasteiger partial charge on any atom is 0.239 e. The number of amides is 1. The summed E-state index contributed by atoms with van der Waals surface area (Å²) in [6.45, 7) is 1.69. The van der Waals surface area contributed by atoms with Crippen LogP contribution in [-0.2, 0) is 4.79 Å². The lowest BCUT2D eigenvalue weighted by molar-refractivity contribution is -0.134. The second-order valence-electron chi connectivity index (χ2n) is 7.04. The van der Waals surface area contributed by atoms with E-state index in [9.17, 15) is 4.79 Å². The van der Waals surface area contributed by atoms with E-state index in [0.717, 1.165) is 38.3 Å². The Morgan fingerprint density at radius 2 is 1.95 bits per heavy atom. The Bertz CT molecular complexity index is 495. The minimum absolute atomic E-state index is 0.0658. The van der Waals surface area contributed by atoms with E-state index in [-0.39, 0.29) is 6.04 Å². The van der Waals surface area contributed by atoms with Crippen molar-refractivity contribution < 1.29 is 4.79 Å². The Balaban J connectivity index is 1.32. The average Bonchev–Trinajstić information content (AvgIpc) is 3.23. The van der Waals surface area contributed by atoms with Gasteiger partial charge in [0.2, 0.25) is 5.91 Å². The molecular formula is C16H25N5O. The van der Waals surface area contributed by atoms with Crippen LogP contribution in [0.15, 0.2) is 12.7 Å². The van der Waals surface area contributed by atoms with Crippen molar-refractivity contribution in [2.45, 2.75) is 63.1 Å². The summed E-state index contributed by atoms with van der Waals surface area (Å²) >= 11 is 0. The van der Waals surface area contributed by atoms with E-state index < -0.39 is 0 Å². The van der Waals surface area contributed by atoms with Gasteiger partial charge in [0.25, 0.3) is 0 Å². The molecule has 0 bridgehead atoms. The molecule has 120 valence electrons. The van der Waals surface area contributed by atoms with E-state index in [1.165, 1.54) is 25.7 Å². The number of likely N-dealkylation sites (tertiary alicyclic amines) is 1. The van der Waals surface area contributed by atoms with Crippen LogP contribution in [0.1, 0.15) is 51.0 Å². The molecule has 1 aromatic rings. The number of nitrogens with zero attached hydrogens (tertiary/aromatic N) is 4. The molecule has 6 nitrogen and oxygen atoms in total. The summed E-state index contributed by atoms with van der Waals surface area (Å²) in [5.41, 5.74) is 0. The van der Waals surface area contributed by atoms with Crippen LogP contribution in [0.2, 0.25) is 0 Å². The first-order valence-electron chi connectivity index (χ1n) is 8.70. The van der Waals surface area contributed by atoms with Crippen molar-refractivity contribution in [3.63, 3.8) is 0 Å². The maximum atomic E-state index is 12.8. The molecule has 1 aromatic heterocycles. The van der Waals surface area contributed by atoms with E-state index in [0.29, 0.717) is 18.0 Å². The molecule has 0 radical (unpaired) electrons. The highest BCUT2D eigenvalue weighted by Gasteiger charge is 2.40. The summed E-state index contributed by atoms with van der Waals surface area (Å²) < 4.78 is 1.93. The number of rotatable bonds is 2. The fraction of sp³-hybridized carbons (Fsp3) is 0.812. The van der Waals surface area contributed by atoms with Crippen molar-refractivity contribution in [3.8, 4) is 0 Å². The molecule has 4 rings (SSSR count). The van der Waals surface area contributed by atoms with Crippen LogP contribution in [0.25, 0.3) is 0 Å². The third-order valence-corrected chi connectivity index (χ3v) is 5.75. The number of hydrogen-bond donors (Lipinski definition) is 1. The van der Waals surface area contributed by atoms with Gasteiger partial charge in [-0.05, 0) is 38.0 Å². The van der Waals surface area contributed by atoms with E-state index in [4.69, 9.17) is 0 Å². The quantitative estimate of drug-likeness (QED) is 0.896. The highest BCUT2D eigenvalue weighted by atomic mass is 16.2. The van der Waals surface area contributed by atoms with Gasteiger partial charge in [-0.15, -0.1) is 0 Å². The molecule has 2 saturated heterocycles. The monoisotopic (exact) mass is 303 g/mol. The van der Waals surface area contributed by atoms with Gasteiger partial charge >= 0.3 is 0 Å². The number of carbonyl (C=O) groups is 1. The van der Waals surface area contributed by atoms with Crippen molar-refractivity contribution in [1.29, 1.82) is 0 Å². The smallest absolute Gasteiger partial charge is 0.239 e. The second kappa shape index (κ2) is 5.99. The van der Waals surface area contributed by atoms with Crippen molar-refractivity contribution in [2.24, 2.45) is 5.92 Å². The Kier molecular flexibility index (Phi) is 3.86. The Hall–Kier alpha value is -1.43. The summed E-state index contributed by atoms with van der Waals surface area (Å²) in [4.78, 5) is 18.8. The van der Waals surface area contributed by atoms with Crippen molar-refractivity contribution in [3.05, 3.63) is 12.7 Å². The molecule has 3 heterocycles. The molecule has 3 aliphatic rings. The summed E-state index contributed by atoms with van der Waals surface area (Å²) in [7, 11) is 0. The highest BCUT2D eigenvalue weighted by molar-refractivity contribution is 5.82. The van der Waals surface area contributed by atoms with E-state index >= 15 is 0 Å². The predicted octanol–water partition coefficient (Wildman–Crippen LogP) is 1.36. The van der Waals surface area contributed by atoms with Crippen molar-refractivity contribution in [2.75, 3.05) is 13.1 Å². The first-order valence-corrected chi connectivity index (χ1v) is 8.70. The molecule has 1 aliphatic carbocycles. The van der Waals surface area contributed by atoms with Gasteiger partial charge in [-0.2, -0.15) is 5.10 Å². The van der Waals surface area contributed by atoms with Crippen LogP contribution < -0.4 is 5.32 Å². The number of carbonyl (C=O) groups excluding carboxylic acids is 1. The molecule has 1 saturated carbocycles. The first-order chi connectivity index (χ1) is 10.8. The van der Waals surface area contributed by atoms with Gasteiger partial charge < -0.3 is 10.2 Å². The number of nitrogens with one attached hydrogen (secondary N) is 1. The molecule has 0 aromatic carbocycles. The molecule has 1 N–H and O–H groups in total. The zero-order valence-electron chi connectivity index (χ0n) is 13.0. The standard InChI is InChI=1S/C16H25N5O/c22-16(15-9-12-3-1-2-4-14(12)19-15)20-7-5-13(6-8-20)21-11-17-10-18-21/h10-15,19H,1-9H2/t12-,14+,15+/m1/s1. The molecule has 2 aliphatic heterocycles. The van der Waals surface area contributed by atoms with Gasteiger partial charge in [0.15, 0.2) is 0 Å². The molecule has 3 atom stereocenters. The number of hydrogen-bond acceptors (Lipinski definition) is 4. The molecule has 22 heavy (non-hydrogen) atoms. The molecule has 0 unspecified atom stereocenters. The average molecular weight is 303 g/mol. The molecule has 3 fully saturated rings. The number of piperidine rings is 1. The van der Waals surface area contributed by atoms with Gasteiger partial charge in [-0.25, -0.2) is 9.67 Å². The maximum absolute atomic E-state index is 12.8. The normalized spacial score (nSPS) is 32.9. The Morgan fingerprint density at radius 3 is 2.68 bits per heavy atom. The van der Waals surface area contributed by atoms with Crippen molar-refractivity contribution >= 4 is 5.91 Å². The van der Waals surface area contributed by atoms with Crippen LogP contribution in [0.4, 0.5) is 0 Å². The molecule has 1 amide bonds. The topological polar surface area (TPSA) is 63.1 Å². The van der Waals surface area contributed by atoms with E-state index in [1.807, 2.05) is 4.68 Å². The lowest BCUT2D eigenvalue weighted by Gasteiger charge is -2.33. The molecular weight excluding hydrogens is 278 g/mol. The lowest BCUT2D eigenvalue weighted by atomic mass is 9.85. The Labute approximate surface area is 131 Å². The zero-order chi connectivity index (χ0) is 14.9. The summed E-state index contributed by atoms with van der Waals surface area (Å²) in [6, 6.07) is 1.05. The van der Waals surface area contributed by atoms with Gasteiger partial charge in [0.05, 0.1) is 12.1 Å². The van der Waals surface area contributed by atoms with Crippen molar-refractivity contribution in [1.82, 2.24) is 25.0 Å².